The SMILES string of the molecule is O=C(C[C@H]1C(=O)NCCN1C(=S)Nc1ccccc1)Nc1ccc(F)cc1. The van der Waals surface area contributed by atoms with Crippen LogP contribution in [-0.4, -0.2) is 41.0 Å². The maximum atomic E-state index is 13.0. The fourth-order valence-corrected chi connectivity index (χ4v) is 3.13. The van der Waals surface area contributed by atoms with Crippen LogP contribution in [0.25, 0.3) is 0 Å². The molecule has 140 valence electrons. The van der Waals surface area contributed by atoms with Crippen LogP contribution in [0.1, 0.15) is 6.42 Å². The van der Waals surface area contributed by atoms with E-state index in [2.05, 4.69) is 16.0 Å². The zero-order valence-corrected chi connectivity index (χ0v) is 15.3. The quantitative estimate of drug-likeness (QED) is 0.704. The van der Waals surface area contributed by atoms with Gasteiger partial charge in [0, 0.05) is 24.5 Å². The number of rotatable bonds is 4. The highest BCUT2D eigenvalue weighted by molar-refractivity contribution is 7.80. The van der Waals surface area contributed by atoms with E-state index >= 15 is 0 Å². The molecule has 1 fully saturated rings. The Morgan fingerprint density at radius 1 is 1.11 bits per heavy atom. The normalized spacial score (nSPS) is 16.4. The van der Waals surface area contributed by atoms with Crippen molar-refractivity contribution in [1.82, 2.24) is 10.2 Å². The third-order valence-electron chi connectivity index (χ3n) is 4.12. The number of carbonyl (C=O) groups excluding carboxylic acids is 2. The number of hydrogen-bond donors (Lipinski definition) is 3. The molecule has 2 amide bonds. The van der Waals surface area contributed by atoms with E-state index in [-0.39, 0.29) is 24.1 Å². The fourth-order valence-electron chi connectivity index (χ4n) is 2.80. The predicted octanol–water partition coefficient (Wildman–Crippen LogP) is 2.35. The molecule has 8 heteroatoms. The summed E-state index contributed by atoms with van der Waals surface area (Å²) in [6, 6.07) is 14.1. The Morgan fingerprint density at radius 2 is 1.78 bits per heavy atom. The Labute approximate surface area is 161 Å². The summed E-state index contributed by atoms with van der Waals surface area (Å²) in [5.74, 6) is -0.993. The van der Waals surface area contributed by atoms with Gasteiger partial charge in [0.25, 0.3) is 0 Å². The topological polar surface area (TPSA) is 73.5 Å². The Bertz CT molecular complexity index is 829. The van der Waals surface area contributed by atoms with Crippen LogP contribution in [0, 0.1) is 5.82 Å². The molecule has 2 aromatic carbocycles. The van der Waals surface area contributed by atoms with Crippen molar-refractivity contribution in [3.8, 4) is 0 Å². The molecular formula is C19H19FN4O2S. The summed E-state index contributed by atoms with van der Waals surface area (Å²) in [6.07, 6.45) is -0.0696. The van der Waals surface area contributed by atoms with Gasteiger partial charge < -0.3 is 20.9 Å². The molecule has 1 aliphatic rings. The average Bonchev–Trinajstić information content (AvgIpc) is 2.66. The van der Waals surface area contributed by atoms with Gasteiger partial charge >= 0.3 is 0 Å². The number of anilines is 2. The number of halogens is 1. The molecule has 1 atom stereocenters. The lowest BCUT2D eigenvalue weighted by Crippen LogP contribution is -2.58. The van der Waals surface area contributed by atoms with Crippen molar-refractivity contribution >= 4 is 40.5 Å². The molecule has 27 heavy (non-hydrogen) atoms. The lowest BCUT2D eigenvalue weighted by atomic mass is 10.1. The molecule has 0 bridgehead atoms. The summed E-state index contributed by atoms with van der Waals surface area (Å²) in [5.41, 5.74) is 1.28. The van der Waals surface area contributed by atoms with E-state index in [4.69, 9.17) is 12.2 Å². The minimum Gasteiger partial charge on any atom is -0.353 e. The Kier molecular flexibility index (Phi) is 5.97. The van der Waals surface area contributed by atoms with E-state index in [0.29, 0.717) is 23.9 Å². The molecule has 1 aliphatic heterocycles. The fraction of sp³-hybridized carbons (Fsp3) is 0.211. The van der Waals surface area contributed by atoms with E-state index in [1.54, 1.807) is 4.90 Å². The van der Waals surface area contributed by atoms with Crippen LogP contribution >= 0.6 is 12.2 Å². The van der Waals surface area contributed by atoms with Crippen LogP contribution in [0.2, 0.25) is 0 Å². The van der Waals surface area contributed by atoms with Crippen molar-refractivity contribution in [3.63, 3.8) is 0 Å². The van der Waals surface area contributed by atoms with E-state index in [0.717, 1.165) is 5.69 Å². The summed E-state index contributed by atoms with van der Waals surface area (Å²) in [4.78, 5) is 26.4. The number of amides is 2. The molecule has 0 radical (unpaired) electrons. The highest BCUT2D eigenvalue weighted by atomic mass is 32.1. The number of piperazine rings is 1. The summed E-state index contributed by atoms with van der Waals surface area (Å²) in [5, 5.41) is 8.91. The Balaban J connectivity index is 1.66. The monoisotopic (exact) mass is 386 g/mol. The number of benzene rings is 2. The Hall–Kier alpha value is -3.00. The van der Waals surface area contributed by atoms with Crippen molar-refractivity contribution < 1.29 is 14.0 Å². The number of para-hydroxylation sites is 1. The van der Waals surface area contributed by atoms with Crippen molar-refractivity contribution in [2.24, 2.45) is 0 Å². The first kappa shape index (κ1) is 18.8. The molecule has 0 aliphatic carbocycles. The maximum Gasteiger partial charge on any atom is 0.243 e. The first-order chi connectivity index (χ1) is 13.0. The van der Waals surface area contributed by atoms with Crippen LogP contribution in [0.15, 0.2) is 54.6 Å². The van der Waals surface area contributed by atoms with Gasteiger partial charge in [-0.1, -0.05) is 18.2 Å². The van der Waals surface area contributed by atoms with Crippen molar-refractivity contribution in [3.05, 3.63) is 60.4 Å². The maximum absolute atomic E-state index is 13.0. The smallest absolute Gasteiger partial charge is 0.243 e. The number of hydrogen-bond acceptors (Lipinski definition) is 3. The molecule has 0 unspecified atom stereocenters. The van der Waals surface area contributed by atoms with Crippen LogP contribution in [0.5, 0.6) is 0 Å². The number of nitrogens with zero attached hydrogens (tertiary/aromatic N) is 1. The number of carbonyl (C=O) groups is 2. The van der Waals surface area contributed by atoms with Gasteiger partial charge in [-0.05, 0) is 48.6 Å². The summed E-state index contributed by atoms with van der Waals surface area (Å²) in [6.45, 7) is 0.949. The van der Waals surface area contributed by atoms with Gasteiger partial charge in [-0.15, -0.1) is 0 Å². The molecule has 1 saturated heterocycles. The van der Waals surface area contributed by atoms with E-state index < -0.39 is 6.04 Å². The summed E-state index contributed by atoms with van der Waals surface area (Å²) in [7, 11) is 0. The molecule has 0 saturated carbocycles. The van der Waals surface area contributed by atoms with Gasteiger partial charge in [0.1, 0.15) is 11.9 Å². The van der Waals surface area contributed by atoms with Crippen LogP contribution in [0.4, 0.5) is 15.8 Å². The second kappa shape index (κ2) is 8.59. The van der Waals surface area contributed by atoms with Crippen LogP contribution in [0.3, 0.4) is 0 Å². The van der Waals surface area contributed by atoms with E-state index in [1.807, 2.05) is 30.3 Å². The van der Waals surface area contributed by atoms with Gasteiger partial charge in [-0.2, -0.15) is 0 Å². The lowest BCUT2D eigenvalue weighted by molar-refractivity contribution is -0.130. The third-order valence-corrected chi connectivity index (χ3v) is 4.46. The molecule has 3 N–H and O–H groups in total. The minimum absolute atomic E-state index is 0.0696. The van der Waals surface area contributed by atoms with Crippen molar-refractivity contribution in [2.75, 3.05) is 23.7 Å². The third kappa shape index (κ3) is 5.01. The summed E-state index contributed by atoms with van der Waals surface area (Å²) >= 11 is 5.44. The highest BCUT2D eigenvalue weighted by Crippen LogP contribution is 2.15. The molecule has 2 aromatic rings. The average molecular weight is 386 g/mol. The van der Waals surface area contributed by atoms with Gasteiger partial charge in [0.05, 0.1) is 6.42 Å². The molecule has 1 heterocycles. The number of nitrogens with one attached hydrogen (secondary N) is 3. The van der Waals surface area contributed by atoms with Gasteiger partial charge in [0.15, 0.2) is 5.11 Å². The molecule has 0 spiro atoms. The zero-order valence-electron chi connectivity index (χ0n) is 14.4. The van der Waals surface area contributed by atoms with Gasteiger partial charge in [-0.25, -0.2) is 4.39 Å². The summed E-state index contributed by atoms with van der Waals surface area (Å²) < 4.78 is 13.0. The Morgan fingerprint density at radius 3 is 2.48 bits per heavy atom. The lowest BCUT2D eigenvalue weighted by Gasteiger charge is -2.36. The standard InChI is InChI=1S/C19H19FN4O2S/c20-13-6-8-15(9-7-13)22-17(25)12-16-18(26)21-10-11-24(16)19(27)23-14-4-2-1-3-5-14/h1-9,16H,10-12H2,(H,21,26)(H,22,25)(H,23,27)/t16-/m0/s1. The second-order valence-electron chi connectivity index (χ2n) is 6.06. The minimum atomic E-state index is -0.720. The van der Waals surface area contributed by atoms with Crippen molar-refractivity contribution in [2.45, 2.75) is 12.5 Å². The molecule has 0 aromatic heterocycles. The largest absolute Gasteiger partial charge is 0.353 e. The van der Waals surface area contributed by atoms with Crippen molar-refractivity contribution in [1.29, 1.82) is 0 Å². The van der Waals surface area contributed by atoms with E-state index in [1.165, 1.54) is 24.3 Å². The zero-order chi connectivity index (χ0) is 19.2. The molecule has 3 rings (SSSR count). The van der Waals surface area contributed by atoms with Gasteiger partial charge in [-0.3, -0.25) is 9.59 Å². The highest BCUT2D eigenvalue weighted by Gasteiger charge is 2.33. The van der Waals surface area contributed by atoms with Gasteiger partial charge in [0.2, 0.25) is 11.8 Å². The number of thiocarbonyl (C=S) groups is 1. The predicted molar refractivity (Wildman–Crippen MR) is 106 cm³/mol. The van der Waals surface area contributed by atoms with E-state index in [9.17, 15) is 14.0 Å². The first-order valence-corrected chi connectivity index (χ1v) is 8.89. The molecular weight excluding hydrogens is 367 g/mol. The molecule has 6 nitrogen and oxygen atoms in total. The first-order valence-electron chi connectivity index (χ1n) is 8.49. The second-order valence-corrected chi connectivity index (χ2v) is 6.44. The van der Waals surface area contributed by atoms with Crippen LogP contribution in [-0.2, 0) is 9.59 Å². The van der Waals surface area contributed by atoms with Crippen LogP contribution < -0.4 is 16.0 Å².